The second-order valence-corrected chi connectivity index (χ2v) is 6.01. The van der Waals surface area contributed by atoms with Crippen LogP contribution in [0.1, 0.15) is 43.3 Å². The lowest BCUT2D eigenvalue weighted by Gasteiger charge is -2.16. The predicted molar refractivity (Wildman–Crippen MR) is 82.5 cm³/mol. The van der Waals surface area contributed by atoms with Crippen molar-refractivity contribution in [3.8, 4) is 0 Å². The second kappa shape index (κ2) is 7.15. The summed E-state index contributed by atoms with van der Waals surface area (Å²) in [7, 11) is 0. The number of carbonyl (C=O) groups is 1. The van der Waals surface area contributed by atoms with Crippen LogP contribution >= 0.6 is 0 Å². The fraction of sp³-hybridized carbons (Fsp3) is 0.500. The maximum absolute atomic E-state index is 11.5. The molecule has 0 bridgehead atoms. The van der Waals surface area contributed by atoms with E-state index in [1.54, 1.807) is 0 Å². The van der Waals surface area contributed by atoms with Crippen LogP contribution in [0, 0.1) is 12.8 Å². The summed E-state index contributed by atoms with van der Waals surface area (Å²) in [6.45, 7) is 6.03. The number of hydrogen-bond acceptors (Lipinski definition) is 4. The summed E-state index contributed by atoms with van der Waals surface area (Å²) >= 11 is 0. The minimum absolute atomic E-state index is 0.259. The van der Waals surface area contributed by atoms with Crippen LogP contribution in [0.25, 0.3) is 0 Å². The number of benzene rings is 1. The summed E-state index contributed by atoms with van der Waals surface area (Å²) in [6, 6.07) is 7.58. The van der Waals surface area contributed by atoms with Crippen molar-refractivity contribution in [2.75, 3.05) is 0 Å². The minimum atomic E-state index is -0.891. The molecule has 118 valence electrons. The molecule has 1 N–H and O–H groups in total. The van der Waals surface area contributed by atoms with E-state index in [0.717, 1.165) is 6.42 Å². The van der Waals surface area contributed by atoms with Crippen molar-refractivity contribution in [1.82, 2.24) is 20.2 Å². The van der Waals surface area contributed by atoms with E-state index in [4.69, 9.17) is 0 Å². The summed E-state index contributed by atoms with van der Waals surface area (Å²) in [4.78, 5) is 11.5. The van der Waals surface area contributed by atoms with Crippen LogP contribution in [0.5, 0.6) is 0 Å². The molecule has 1 aromatic heterocycles. The Hall–Kier alpha value is -2.24. The summed E-state index contributed by atoms with van der Waals surface area (Å²) in [5.41, 5.74) is 2.41. The number of aryl methyl sites for hydroxylation is 3. The highest BCUT2D eigenvalue weighted by molar-refractivity contribution is 5.71. The van der Waals surface area contributed by atoms with Gasteiger partial charge in [-0.1, -0.05) is 43.7 Å². The average Bonchev–Trinajstić information content (AvgIpc) is 2.92. The number of aromatic nitrogens is 4. The molecule has 6 heteroatoms. The van der Waals surface area contributed by atoms with E-state index in [1.165, 1.54) is 15.8 Å². The fourth-order valence-corrected chi connectivity index (χ4v) is 2.38. The Morgan fingerprint density at radius 2 is 1.91 bits per heavy atom. The summed E-state index contributed by atoms with van der Waals surface area (Å²) in [5, 5.41) is 21.0. The number of carboxylic acids is 1. The van der Waals surface area contributed by atoms with Crippen LogP contribution in [0.15, 0.2) is 24.3 Å². The topological polar surface area (TPSA) is 80.9 Å². The van der Waals surface area contributed by atoms with Gasteiger partial charge >= 0.3 is 5.97 Å². The number of nitrogens with zero attached hydrogens (tertiary/aromatic N) is 4. The van der Waals surface area contributed by atoms with Gasteiger partial charge in [0.25, 0.3) is 0 Å². The lowest BCUT2D eigenvalue weighted by atomic mass is 10.0. The molecule has 1 atom stereocenters. The molecule has 2 aromatic rings. The highest BCUT2D eigenvalue weighted by Gasteiger charge is 2.25. The SMILES string of the molecule is Cc1ccc(CCc2nnnn2C(CC(C)C)C(=O)O)cc1. The van der Waals surface area contributed by atoms with Gasteiger partial charge in [-0.05, 0) is 41.7 Å². The van der Waals surface area contributed by atoms with Gasteiger partial charge in [0.15, 0.2) is 11.9 Å². The molecule has 0 amide bonds. The summed E-state index contributed by atoms with van der Waals surface area (Å²) in [5.74, 6) is -0.0125. The normalized spacial score (nSPS) is 12.5. The molecule has 0 radical (unpaired) electrons. The first-order valence-corrected chi connectivity index (χ1v) is 7.52. The summed E-state index contributed by atoms with van der Waals surface area (Å²) in [6.07, 6.45) is 1.92. The Morgan fingerprint density at radius 1 is 1.23 bits per heavy atom. The van der Waals surface area contributed by atoms with Crippen molar-refractivity contribution in [3.05, 3.63) is 41.2 Å². The first-order chi connectivity index (χ1) is 10.5. The Bertz CT molecular complexity index is 619. The molecule has 0 aliphatic heterocycles. The Kier molecular flexibility index (Phi) is 5.25. The second-order valence-electron chi connectivity index (χ2n) is 6.01. The van der Waals surface area contributed by atoms with Crippen molar-refractivity contribution in [2.45, 2.75) is 46.1 Å². The number of tetrazole rings is 1. The molecular formula is C16H22N4O2. The standard InChI is InChI=1S/C16H22N4O2/c1-11(2)10-14(16(21)22)20-15(17-18-19-20)9-8-13-6-4-12(3)5-7-13/h4-7,11,14H,8-10H2,1-3H3,(H,21,22). The quantitative estimate of drug-likeness (QED) is 0.849. The van der Waals surface area contributed by atoms with Gasteiger partial charge in [0.05, 0.1) is 0 Å². The van der Waals surface area contributed by atoms with Crippen LogP contribution in [0.2, 0.25) is 0 Å². The highest BCUT2D eigenvalue weighted by atomic mass is 16.4. The first-order valence-electron chi connectivity index (χ1n) is 7.52. The molecule has 6 nitrogen and oxygen atoms in total. The van der Waals surface area contributed by atoms with E-state index in [9.17, 15) is 9.90 Å². The molecule has 1 heterocycles. The number of aliphatic carboxylic acids is 1. The van der Waals surface area contributed by atoms with Crippen molar-refractivity contribution < 1.29 is 9.90 Å². The van der Waals surface area contributed by atoms with Gasteiger partial charge in [0.2, 0.25) is 0 Å². The van der Waals surface area contributed by atoms with Crippen molar-refractivity contribution >= 4 is 5.97 Å². The van der Waals surface area contributed by atoms with Crippen LogP contribution < -0.4 is 0 Å². The van der Waals surface area contributed by atoms with E-state index in [2.05, 4.69) is 39.8 Å². The molecule has 0 aliphatic rings. The van der Waals surface area contributed by atoms with Crippen LogP contribution in [-0.4, -0.2) is 31.3 Å². The molecule has 22 heavy (non-hydrogen) atoms. The van der Waals surface area contributed by atoms with Gasteiger partial charge in [-0.25, -0.2) is 9.48 Å². The average molecular weight is 302 g/mol. The molecule has 1 unspecified atom stereocenters. The zero-order valence-corrected chi connectivity index (χ0v) is 13.2. The Morgan fingerprint density at radius 3 is 2.50 bits per heavy atom. The molecule has 0 spiro atoms. The van der Waals surface area contributed by atoms with E-state index in [-0.39, 0.29) is 5.92 Å². The maximum atomic E-state index is 11.5. The lowest BCUT2D eigenvalue weighted by molar-refractivity contribution is -0.141. The third-order valence-corrected chi connectivity index (χ3v) is 3.59. The van der Waals surface area contributed by atoms with Gasteiger partial charge in [0, 0.05) is 6.42 Å². The Balaban J connectivity index is 2.10. The fourth-order valence-electron chi connectivity index (χ4n) is 2.38. The monoisotopic (exact) mass is 302 g/mol. The van der Waals surface area contributed by atoms with E-state index in [1.807, 2.05) is 20.8 Å². The van der Waals surface area contributed by atoms with Crippen LogP contribution in [-0.2, 0) is 17.6 Å². The van der Waals surface area contributed by atoms with Crippen molar-refractivity contribution in [2.24, 2.45) is 5.92 Å². The maximum Gasteiger partial charge on any atom is 0.328 e. The molecule has 1 aromatic carbocycles. The third kappa shape index (κ3) is 4.13. The largest absolute Gasteiger partial charge is 0.480 e. The lowest BCUT2D eigenvalue weighted by Crippen LogP contribution is -2.24. The number of carboxylic acid groups (broad SMARTS) is 1. The molecule has 2 rings (SSSR count). The van der Waals surface area contributed by atoms with Crippen LogP contribution in [0.3, 0.4) is 0 Å². The molecule has 0 aliphatic carbocycles. The number of rotatable bonds is 7. The van der Waals surface area contributed by atoms with Gasteiger partial charge in [-0.15, -0.1) is 5.10 Å². The van der Waals surface area contributed by atoms with Gasteiger partial charge in [0.1, 0.15) is 0 Å². The van der Waals surface area contributed by atoms with E-state index >= 15 is 0 Å². The molecule has 0 saturated carbocycles. The third-order valence-electron chi connectivity index (χ3n) is 3.59. The highest BCUT2D eigenvalue weighted by Crippen LogP contribution is 2.18. The number of hydrogen-bond donors (Lipinski definition) is 1. The zero-order valence-electron chi connectivity index (χ0n) is 13.2. The molecular weight excluding hydrogens is 280 g/mol. The van der Waals surface area contributed by atoms with Gasteiger partial charge < -0.3 is 5.11 Å². The van der Waals surface area contributed by atoms with E-state index < -0.39 is 12.0 Å². The van der Waals surface area contributed by atoms with E-state index in [0.29, 0.717) is 18.7 Å². The first kappa shape index (κ1) is 16.1. The zero-order chi connectivity index (χ0) is 16.1. The van der Waals surface area contributed by atoms with Crippen LogP contribution in [0.4, 0.5) is 0 Å². The summed E-state index contributed by atoms with van der Waals surface area (Å²) < 4.78 is 1.45. The molecule has 0 fully saturated rings. The molecule has 0 saturated heterocycles. The Labute approximate surface area is 130 Å². The smallest absolute Gasteiger partial charge is 0.328 e. The minimum Gasteiger partial charge on any atom is -0.480 e. The van der Waals surface area contributed by atoms with Gasteiger partial charge in [-0.3, -0.25) is 0 Å². The van der Waals surface area contributed by atoms with Gasteiger partial charge in [-0.2, -0.15) is 0 Å². The van der Waals surface area contributed by atoms with Crippen molar-refractivity contribution in [1.29, 1.82) is 0 Å². The predicted octanol–water partition coefficient (Wildman–Crippen LogP) is 2.44. The van der Waals surface area contributed by atoms with Crippen molar-refractivity contribution in [3.63, 3.8) is 0 Å².